The minimum Gasteiger partial charge on any atom is -0.389 e. The van der Waals surface area contributed by atoms with Gasteiger partial charge in [0.2, 0.25) is 0 Å². The molecule has 2 nitrogen and oxygen atoms in total. The number of allylic oxidation sites excluding steroid dienone is 4. The van der Waals surface area contributed by atoms with Crippen molar-refractivity contribution in [3.63, 3.8) is 0 Å². The lowest BCUT2D eigenvalue weighted by atomic mass is 9.85. The molecular formula is C20H32O2. The molecule has 22 heavy (non-hydrogen) atoms. The Morgan fingerprint density at radius 3 is 2.68 bits per heavy atom. The van der Waals surface area contributed by atoms with Crippen LogP contribution in [0.25, 0.3) is 0 Å². The van der Waals surface area contributed by atoms with Crippen molar-refractivity contribution < 1.29 is 9.84 Å². The molecule has 0 bridgehead atoms. The number of hydrogen-bond donors (Lipinski definition) is 1. The van der Waals surface area contributed by atoms with Crippen molar-refractivity contribution in [2.45, 2.75) is 84.0 Å². The van der Waals surface area contributed by atoms with Crippen LogP contribution in [-0.2, 0) is 4.74 Å². The fourth-order valence-electron chi connectivity index (χ4n) is 3.39. The fourth-order valence-corrected chi connectivity index (χ4v) is 3.39. The molecule has 0 aromatic rings. The highest BCUT2D eigenvalue weighted by Crippen LogP contribution is 2.45. The van der Waals surface area contributed by atoms with Gasteiger partial charge in [0.05, 0.1) is 17.8 Å². The Kier molecular flexibility index (Phi) is 5.68. The first kappa shape index (κ1) is 17.5. The van der Waals surface area contributed by atoms with Gasteiger partial charge in [-0.2, -0.15) is 0 Å². The zero-order chi connectivity index (χ0) is 16.3. The van der Waals surface area contributed by atoms with Gasteiger partial charge in [-0.25, -0.2) is 0 Å². The summed E-state index contributed by atoms with van der Waals surface area (Å²) < 4.78 is 5.99. The maximum atomic E-state index is 10.5. The monoisotopic (exact) mass is 304 g/mol. The quantitative estimate of drug-likeness (QED) is 0.549. The number of epoxide rings is 1. The van der Waals surface area contributed by atoms with Crippen LogP contribution in [0, 0.1) is 5.92 Å². The van der Waals surface area contributed by atoms with E-state index in [-0.39, 0.29) is 11.7 Å². The second-order valence-electron chi connectivity index (χ2n) is 7.53. The van der Waals surface area contributed by atoms with Gasteiger partial charge in [-0.15, -0.1) is 0 Å². The largest absolute Gasteiger partial charge is 0.389 e. The van der Waals surface area contributed by atoms with E-state index in [4.69, 9.17) is 4.74 Å². The summed E-state index contributed by atoms with van der Waals surface area (Å²) in [6.45, 7) is 12.7. The first-order chi connectivity index (χ1) is 10.3. The molecule has 0 radical (unpaired) electrons. The van der Waals surface area contributed by atoms with Gasteiger partial charge >= 0.3 is 0 Å². The molecular weight excluding hydrogens is 272 g/mol. The second-order valence-corrected chi connectivity index (χ2v) is 7.53. The summed E-state index contributed by atoms with van der Waals surface area (Å²) in [5, 5.41) is 10.5. The number of aliphatic hydroxyl groups is 1. The molecule has 1 fully saturated rings. The highest BCUT2D eigenvalue weighted by molar-refractivity contribution is 5.12. The van der Waals surface area contributed by atoms with Gasteiger partial charge in [0.25, 0.3) is 0 Å². The zero-order valence-corrected chi connectivity index (χ0v) is 14.7. The number of hydrogen-bond acceptors (Lipinski definition) is 2. The molecule has 2 rings (SSSR count). The summed E-state index contributed by atoms with van der Waals surface area (Å²) in [5.41, 5.74) is 3.73. The standard InChI is InChI=1S/C20H32O2/c1-14(2)17-12-18(21)16(4)10-6-8-15(3)9-7-11-20(5)19(13-17)22-20/h9-10,17-19,21H,1,6-8,11-13H2,2-5H3/t17-,18+,19+,20+/m0/s1. The van der Waals surface area contributed by atoms with E-state index in [0.29, 0.717) is 12.0 Å². The van der Waals surface area contributed by atoms with Crippen LogP contribution in [0.1, 0.15) is 66.2 Å². The third-order valence-electron chi connectivity index (χ3n) is 5.40. The first-order valence-corrected chi connectivity index (χ1v) is 8.65. The lowest BCUT2D eigenvalue weighted by Gasteiger charge is -2.21. The predicted octanol–water partition coefficient (Wildman–Crippen LogP) is 4.94. The highest BCUT2D eigenvalue weighted by atomic mass is 16.6. The Bertz CT molecular complexity index is 474. The van der Waals surface area contributed by atoms with Crippen molar-refractivity contribution in [1.82, 2.24) is 0 Å². The Morgan fingerprint density at radius 1 is 1.27 bits per heavy atom. The SMILES string of the molecule is C=C(C)[C@H]1C[C@@H](O)C(C)=CCCC(C)=CCC[C@@]2(C)O[C@@H]2C1. The van der Waals surface area contributed by atoms with Crippen molar-refractivity contribution in [3.05, 3.63) is 35.5 Å². The normalized spacial score (nSPS) is 37.4. The van der Waals surface area contributed by atoms with E-state index < -0.39 is 0 Å². The van der Waals surface area contributed by atoms with Gasteiger partial charge in [-0.1, -0.05) is 29.9 Å². The molecule has 2 aliphatic rings. The Hall–Kier alpha value is -0.860. The molecule has 1 N–H and O–H groups in total. The van der Waals surface area contributed by atoms with E-state index >= 15 is 0 Å². The lowest BCUT2D eigenvalue weighted by Crippen LogP contribution is -2.19. The third kappa shape index (κ3) is 4.57. The van der Waals surface area contributed by atoms with Gasteiger partial charge < -0.3 is 9.84 Å². The van der Waals surface area contributed by atoms with Gasteiger partial charge in [-0.3, -0.25) is 0 Å². The van der Waals surface area contributed by atoms with E-state index in [0.717, 1.165) is 49.7 Å². The summed E-state index contributed by atoms with van der Waals surface area (Å²) >= 11 is 0. The van der Waals surface area contributed by atoms with Gasteiger partial charge in [0.15, 0.2) is 0 Å². The molecule has 0 unspecified atom stereocenters. The van der Waals surface area contributed by atoms with Gasteiger partial charge in [-0.05, 0) is 77.7 Å². The van der Waals surface area contributed by atoms with Gasteiger partial charge in [0.1, 0.15) is 0 Å². The molecule has 2 heteroatoms. The zero-order valence-electron chi connectivity index (χ0n) is 14.7. The van der Waals surface area contributed by atoms with E-state index in [1.807, 2.05) is 6.92 Å². The Morgan fingerprint density at radius 2 is 2.00 bits per heavy atom. The summed E-state index contributed by atoms with van der Waals surface area (Å²) in [5.74, 6) is 0.338. The van der Waals surface area contributed by atoms with Crippen LogP contribution < -0.4 is 0 Å². The molecule has 1 aliphatic carbocycles. The van der Waals surface area contributed by atoms with Crippen LogP contribution in [0.5, 0.6) is 0 Å². The number of fused-ring (bicyclic) bond motifs is 1. The van der Waals surface area contributed by atoms with E-state index in [9.17, 15) is 5.11 Å². The van der Waals surface area contributed by atoms with Crippen molar-refractivity contribution in [2.24, 2.45) is 5.92 Å². The predicted molar refractivity (Wildman–Crippen MR) is 92.8 cm³/mol. The van der Waals surface area contributed by atoms with Crippen molar-refractivity contribution >= 4 is 0 Å². The van der Waals surface area contributed by atoms with Crippen LogP contribution in [-0.4, -0.2) is 22.9 Å². The number of aliphatic hydroxyl groups excluding tert-OH is 1. The van der Waals surface area contributed by atoms with E-state index in [2.05, 4.69) is 39.5 Å². The lowest BCUT2D eigenvalue weighted by molar-refractivity contribution is 0.176. The van der Waals surface area contributed by atoms with Crippen LogP contribution >= 0.6 is 0 Å². The van der Waals surface area contributed by atoms with Gasteiger partial charge in [0, 0.05) is 0 Å². The minimum absolute atomic E-state index is 0.0322. The fraction of sp³-hybridized carbons (Fsp3) is 0.700. The summed E-state index contributed by atoms with van der Waals surface area (Å²) in [6.07, 6.45) is 10.5. The maximum absolute atomic E-state index is 10.5. The molecule has 124 valence electrons. The highest BCUT2D eigenvalue weighted by Gasteiger charge is 2.51. The van der Waals surface area contributed by atoms with Crippen LogP contribution in [0.4, 0.5) is 0 Å². The molecule has 0 aromatic carbocycles. The molecule has 1 aliphatic heterocycles. The summed E-state index contributed by atoms with van der Waals surface area (Å²) in [6, 6.07) is 0. The third-order valence-corrected chi connectivity index (χ3v) is 5.40. The molecule has 1 saturated heterocycles. The van der Waals surface area contributed by atoms with E-state index in [1.54, 1.807) is 0 Å². The molecule has 0 spiro atoms. The Balaban J connectivity index is 2.12. The average Bonchev–Trinajstić information content (AvgIpc) is 3.07. The molecule has 0 aromatic heterocycles. The summed E-state index contributed by atoms with van der Waals surface area (Å²) in [4.78, 5) is 0. The number of rotatable bonds is 1. The maximum Gasteiger partial charge on any atom is 0.0923 e. The van der Waals surface area contributed by atoms with Crippen molar-refractivity contribution in [2.75, 3.05) is 0 Å². The average molecular weight is 304 g/mol. The summed E-state index contributed by atoms with van der Waals surface area (Å²) in [7, 11) is 0. The molecule has 0 saturated carbocycles. The topological polar surface area (TPSA) is 32.8 Å². The Labute approximate surface area is 136 Å². The minimum atomic E-state index is -0.362. The number of ether oxygens (including phenoxy) is 1. The first-order valence-electron chi connectivity index (χ1n) is 8.65. The van der Waals surface area contributed by atoms with Crippen molar-refractivity contribution in [3.8, 4) is 0 Å². The van der Waals surface area contributed by atoms with Crippen molar-refractivity contribution in [1.29, 1.82) is 0 Å². The smallest absolute Gasteiger partial charge is 0.0923 e. The molecule has 0 amide bonds. The van der Waals surface area contributed by atoms with Crippen LogP contribution in [0.3, 0.4) is 0 Å². The van der Waals surface area contributed by atoms with E-state index in [1.165, 1.54) is 5.57 Å². The molecule has 1 heterocycles. The second kappa shape index (κ2) is 7.14. The van der Waals surface area contributed by atoms with Crippen LogP contribution in [0.2, 0.25) is 0 Å². The van der Waals surface area contributed by atoms with Crippen LogP contribution in [0.15, 0.2) is 35.5 Å². The molecule has 4 atom stereocenters.